The van der Waals surface area contributed by atoms with Gasteiger partial charge in [0.25, 0.3) is 0 Å². The van der Waals surface area contributed by atoms with E-state index >= 15 is 0 Å². The molecule has 0 unspecified atom stereocenters. The molecule has 26 heavy (non-hydrogen) atoms. The third-order valence-electron chi connectivity index (χ3n) is 3.49. The molecule has 0 atom stereocenters. The zero-order valence-electron chi connectivity index (χ0n) is 13.8. The molecule has 2 amide bonds. The lowest BCUT2D eigenvalue weighted by Gasteiger charge is -2.05. The van der Waals surface area contributed by atoms with Gasteiger partial charge in [0.05, 0.1) is 11.4 Å². The second-order valence-corrected chi connectivity index (χ2v) is 6.23. The van der Waals surface area contributed by atoms with Crippen LogP contribution in [0.25, 0.3) is 11.3 Å². The van der Waals surface area contributed by atoms with E-state index < -0.39 is 6.03 Å². The van der Waals surface area contributed by atoms with E-state index in [9.17, 15) is 15.0 Å². The van der Waals surface area contributed by atoms with E-state index in [1.807, 2.05) is 35.7 Å². The maximum Gasteiger partial charge on any atom is 0.341 e. The van der Waals surface area contributed by atoms with E-state index in [1.54, 1.807) is 6.92 Å². The van der Waals surface area contributed by atoms with Crippen LogP contribution in [0.3, 0.4) is 0 Å². The molecule has 0 bridgehead atoms. The highest BCUT2D eigenvalue weighted by Crippen LogP contribution is 2.25. The number of urea groups is 1. The van der Waals surface area contributed by atoms with Crippen molar-refractivity contribution in [3.05, 3.63) is 59.5 Å². The highest BCUT2D eigenvalue weighted by molar-refractivity contribution is 7.14. The molecule has 0 radical (unpaired) electrons. The summed E-state index contributed by atoms with van der Waals surface area (Å²) in [5.74, 6) is -0.177. The Morgan fingerprint density at radius 2 is 1.92 bits per heavy atom. The summed E-state index contributed by atoms with van der Waals surface area (Å²) < 4.78 is 0. The molecule has 0 spiro atoms. The number of aromatic nitrogens is 1. The molecular formula is C18H16N4O3S. The van der Waals surface area contributed by atoms with E-state index in [-0.39, 0.29) is 11.5 Å². The first-order valence-corrected chi connectivity index (χ1v) is 8.55. The van der Waals surface area contributed by atoms with Crippen LogP contribution in [0, 0.1) is 0 Å². The summed E-state index contributed by atoms with van der Waals surface area (Å²) in [4.78, 5) is 16.3. The number of amides is 2. The number of nitrogens with one attached hydrogen (secondary N) is 2. The van der Waals surface area contributed by atoms with Gasteiger partial charge in [0.15, 0.2) is 5.13 Å². The first-order chi connectivity index (χ1) is 12.5. The molecule has 7 nitrogen and oxygen atoms in total. The van der Waals surface area contributed by atoms with E-state index in [0.29, 0.717) is 16.4 Å². The fraction of sp³-hybridized carbons (Fsp3) is 0.0556. The quantitative estimate of drug-likeness (QED) is 0.415. The molecular weight excluding hydrogens is 352 g/mol. The number of phenols is 2. The minimum Gasteiger partial charge on any atom is -0.508 e. The van der Waals surface area contributed by atoms with Gasteiger partial charge in [-0.1, -0.05) is 30.3 Å². The van der Waals surface area contributed by atoms with Crippen LogP contribution in [-0.4, -0.2) is 26.9 Å². The minimum absolute atomic E-state index is 0.0530. The predicted octanol–water partition coefficient (Wildman–Crippen LogP) is 3.77. The van der Waals surface area contributed by atoms with Gasteiger partial charge in [-0.3, -0.25) is 5.32 Å². The number of thiazole rings is 1. The topological polar surface area (TPSA) is 107 Å². The van der Waals surface area contributed by atoms with Crippen LogP contribution in [-0.2, 0) is 0 Å². The van der Waals surface area contributed by atoms with Crippen molar-refractivity contribution in [3.8, 4) is 22.8 Å². The number of anilines is 1. The van der Waals surface area contributed by atoms with Crippen molar-refractivity contribution in [2.75, 3.05) is 5.32 Å². The third-order valence-corrected chi connectivity index (χ3v) is 4.25. The molecule has 0 fully saturated rings. The number of hydrazone groups is 1. The molecule has 1 heterocycles. The number of aromatic hydroxyl groups is 2. The summed E-state index contributed by atoms with van der Waals surface area (Å²) in [7, 11) is 0. The Hall–Kier alpha value is -3.39. The Balaban J connectivity index is 1.63. The summed E-state index contributed by atoms with van der Waals surface area (Å²) in [6.45, 7) is 1.63. The van der Waals surface area contributed by atoms with Gasteiger partial charge in [0, 0.05) is 22.6 Å². The van der Waals surface area contributed by atoms with Gasteiger partial charge in [-0.25, -0.2) is 15.2 Å². The number of nitrogens with zero attached hydrogens (tertiary/aromatic N) is 2. The van der Waals surface area contributed by atoms with Crippen molar-refractivity contribution in [1.82, 2.24) is 10.4 Å². The average Bonchev–Trinajstić information content (AvgIpc) is 3.09. The van der Waals surface area contributed by atoms with Gasteiger partial charge in [-0.05, 0) is 19.1 Å². The highest BCUT2D eigenvalue weighted by atomic mass is 32.1. The number of hydrogen-bond acceptors (Lipinski definition) is 6. The van der Waals surface area contributed by atoms with Crippen molar-refractivity contribution in [2.45, 2.75) is 6.92 Å². The number of hydrogen-bond donors (Lipinski definition) is 4. The molecule has 0 aliphatic rings. The van der Waals surface area contributed by atoms with Crippen molar-refractivity contribution >= 4 is 28.2 Å². The lowest BCUT2D eigenvalue weighted by Crippen LogP contribution is -2.25. The fourth-order valence-corrected chi connectivity index (χ4v) is 2.93. The van der Waals surface area contributed by atoms with Crippen LogP contribution in [0.4, 0.5) is 9.93 Å². The van der Waals surface area contributed by atoms with Gasteiger partial charge >= 0.3 is 6.03 Å². The first-order valence-electron chi connectivity index (χ1n) is 7.67. The van der Waals surface area contributed by atoms with Gasteiger partial charge in [-0.15, -0.1) is 11.3 Å². The van der Waals surface area contributed by atoms with Crippen molar-refractivity contribution < 1.29 is 15.0 Å². The molecule has 132 valence electrons. The summed E-state index contributed by atoms with van der Waals surface area (Å²) >= 11 is 1.31. The molecule has 3 aromatic rings. The molecule has 2 aromatic carbocycles. The number of carbonyl (C=O) groups is 1. The normalized spacial score (nSPS) is 11.2. The van der Waals surface area contributed by atoms with Gasteiger partial charge in [-0.2, -0.15) is 5.10 Å². The molecule has 1 aromatic heterocycles. The van der Waals surface area contributed by atoms with Crippen LogP contribution in [0.2, 0.25) is 0 Å². The van der Waals surface area contributed by atoms with E-state index in [2.05, 4.69) is 20.8 Å². The predicted molar refractivity (Wildman–Crippen MR) is 102 cm³/mol. The second-order valence-electron chi connectivity index (χ2n) is 5.37. The van der Waals surface area contributed by atoms with Gasteiger partial charge < -0.3 is 10.2 Å². The van der Waals surface area contributed by atoms with E-state index in [1.165, 1.54) is 29.5 Å². The minimum atomic E-state index is -0.545. The molecule has 8 heteroatoms. The van der Waals surface area contributed by atoms with Crippen LogP contribution in [0.1, 0.15) is 12.5 Å². The average molecular weight is 368 g/mol. The molecule has 3 rings (SSSR count). The molecule has 0 saturated heterocycles. The van der Waals surface area contributed by atoms with Gasteiger partial charge in [0.2, 0.25) is 0 Å². The first kappa shape index (κ1) is 17.4. The van der Waals surface area contributed by atoms with Crippen molar-refractivity contribution in [3.63, 3.8) is 0 Å². The zero-order chi connectivity index (χ0) is 18.5. The summed E-state index contributed by atoms with van der Waals surface area (Å²) in [6.07, 6.45) is 0. The maximum atomic E-state index is 12.0. The van der Waals surface area contributed by atoms with E-state index in [4.69, 9.17) is 0 Å². The lowest BCUT2D eigenvalue weighted by atomic mass is 10.1. The van der Waals surface area contributed by atoms with Crippen LogP contribution >= 0.6 is 11.3 Å². The summed E-state index contributed by atoms with van der Waals surface area (Å²) in [5, 5.41) is 27.9. The largest absolute Gasteiger partial charge is 0.508 e. The Morgan fingerprint density at radius 1 is 1.15 bits per heavy atom. The third kappa shape index (κ3) is 4.17. The van der Waals surface area contributed by atoms with Crippen LogP contribution in [0.5, 0.6) is 11.5 Å². The second kappa shape index (κ2) is 7.66. The Morgan fingerprint density at radius 3 is 2.65 bits per heavy atom. The smallest absolute Gasteiger partial charge is 0.341 e. The number of phenolic OH excluding ortho intramolecular Hbond substituents is 2. The highest BCUT2D eigenvalue weighted by Gasteiger charge is 2.09. The number of carbonyl (C=O) groups excluding carboxylic acids is 1. The number of benzene rings is 2. The standard InChI is InChI=1S/C18H16N4O3S/c1-11(14-8-7-13(23)9-16(14)24)21-22-17(25)20-18-19-15(10-26-18)12-5-3-2-4-6-12/h2-10,23-24H,1H3,(H2,19,20,22,25)/b21-11+. The SMILES string of the molecule is C/C(=N\NC(=O)Nc1nc(-c2ccccc2)cs1)c1ccc(O)cc1O. The van der Waals surface area contributed by atoms with Crippen molar-refractivity contribution in [1.29, 1.82) is 0 Å². The fourth-order valence-electron chi connectivity index (χ4n) is 2.22. The monoisotopic (exact) mass is 368 g/mol. The molecule has 0 saturated carbocycles. The zero-order valence-corrected chi connectivity index (χ0v) is 14.6. The Labute approximate surface area is 153 Å². The number of rotatable bonds is 4. The lowest BCUT2D eigenvalue weighted by molar-refractivity contribution is 0.252. The summed E-state index contributed by atoms with van der Waals surface area (Å²) in [5.41, 5.74) is 4.89. The molecule has 0 aliphatic carbocycles. The molecule has 4 N–H and O–H groups in total. The summed E-state index contributed by atoms with van der Waals surface area (Å²) in [6, 6.07) is 13.2. The Bertz CT molecular complexity index is 954. The van der Waals surface area contributed by atoms with E-state index in [0.717, 1.165) is 11.3 Å². The van der Waals surface area contributed by atoms with Crippen molar-refractivity contribution in [2.24, 2.45) is 5.10 Å². The van der Waals surface area contributed by atoms with Crippen LogP contribution in [0.15, 0.2) is 59.0 Å². The maximum absolute atomic E-state index is 12.0. The Kier molecular flexibility index (Phi) is 5.14. The van der Waals surface area contributed by atoms with Crippen LogP contribution < -0.4 is 10.7 Å². The van der Waals surface area contributed by atoms with Gasteiger partial charge in [0.1, 0.15) is 11.5 Å². The molecule has 0 aliphatic heterocycles.